The topological polar surface area (TPSA) is 9.23 Å². The van der Waals surface area contributed by atoms with E-state index in [2.05, 4.69) is 11.7 Å². The highest BCUT2D eigenvalue weighted by Gasteiger charge is 2.13. The van der Waals surface area contributed by atoms with Crippen LogP contribution in [0.3, 0.4) is 0 Å². The maximum atomic E-state index is 14.5. The lowest BCUT2D eigenvalue weighted by Crippen LogP contribution is -2.03. The fourth-order valence-corrected chi connectivity index (χ4v) is 2.72. The first-order chi connectivity index (χ1) is 12.5. The van der Waals surface area contributed by atoms with E-state index in [1.165, 1.54) is 17.7 Å². The second kappa shape index (κ2) is 7.60. The molecular formula is C21H16F4O. The van der Waals surface area contributed by atoms with Gasteiger partial charge in [-0.15, -0.1) is 0 Å². The van der Waals surface area contributed by atoms with E-state index in [4.69, 9.17) is 0 Å². The number of rotatable bonds is 5. The van der Waals surface area contributed by atoms with E-state index in [9.17, 15) is 17.6 Å². The van der Waals surface area contributed by atoms with E-state index in [0.29, 0.717) is 5.56 Å². The summed E-state index contributed by atoms with van der Waals surface area (Å²) in [5.41, 5.74) is 3.19. The number of ether oxygens (including phenoxy) is 1. The first kappa shape index (κ1) is 18.0. The summed E-state index contributed by atoms with van der Waals surface area (Å²) in [4.78, 5) is 0. The van der Waals surface area contributed by atoms with E-state index in [0.717, 1.165) is 24.1 Å². The molecule has 0 aliphatic heterocycles. The van der Waals surface area contributed by atoms with E-state index in [-0.39, 0.29) is 11.1 Å². The third-order valence-electron chi connectivity index (χ3n) is 4.12. The van der Waals surface area contributed by atoms with Gasteiger partial charge in [0.2, 0.25) is 0 Å². The third kappa shape index (κ3) is 3.87. The lowest BCUT2D eigenvalue weighted by atomic mass is 9.98. The van der Waals surface area contributed by atoms with E-state index in [1.807, 2.05) is 24.3 Å². The molecule has 26 heavy (non-hydrogen) atoms. The largest absolute Gasteiger partial charge is 0.432 e. The zero-order valence-electron chi connectivity index (χ0n) is 14.0. The standard InChI is InChI=1S/C21H16F4O/c1-2-13-3-5-14(6-4-13)15-7-9-17(18(22)11-15)16-8-10-20(19(23)12-16)26-21(24)25/h3-12,21H,2H2,1H3. The van der Waals surface area contributed by atoms with Crippen LogP contribution in [-0.2, 0) is 6.42 Å². The predicted octanol–water partition coefficient (Wildman–Crippen LogP) is 6.46. The Labute approximate surface area is 148 Å². The lowest BCUT2D eigenvalue weighted by Gasteiger charge is -2.10. The summed E-state index contributed by atoms with van der Waals surface area (Å²) in [6, 6.07) is 15.8. The molecule has 0 aliphatic rings. The zero-order chi connectivity index (χ0) is 18.7. The monoisotopic (exact) mass is 360 g/mol. The fraction of sp³-hybridized carbons (Fsp3) is 0.143. The molecule has 3 aromatic rings. The van der Waals surface area contributed by atoms with Crippen LogP contribution in [0.25, 0.3) is 22.3 Å². The third-order valence-corrected chi connectivity index (χ3v) is 4.12. The number of halogens is 4. The quantitative estimate of drug-likeness (QED) is 0.474. The fourth-order valence-electron chi connectivity index (χ4n) is 2.72. The van der Waals surface area contributed by atoms with Crippen molar-refractivity contribution in [1.29, 1.82) is 0 Å². The summed E-state index contributed by atoms with van der Waals surface area (Å²) < 4.78 is 56.8. The Morgan fingerprint density at radius 2 is 1.38 bits per heavy atom. The first-order valence-corrected chi connectivity index (χ1v) is 8.11. The molecule has 0 saturated carbocycles. The molecule has 0 radical (unpaired) electrons. The molecule has 0 unspecified atom stereocenters. The highest BCUT2D eigenvalue weighted by molar-refractivity contribution is 5.71. The van der Waals surface area contributed by atoms with Crippen LogP contribution in [0.1, 0.15) is 12.5 Å². The summed E-state index contributed by atoms with van der Waals surface area (Å²) in [5, 5.41) is 0. The van der Waals surface area contributed by atoms with Gasteiger partial charge in [0.1, 0.15) is 5.82 Å². The molecule has 0 saturated heterocycles. The van der Waals surface area contributed by atoms with Crippen molar-refractivity contribution in [3.63, 3.8) is 0 Å². The average Bonchev–Trinajstić information content (AvgIpc) is 2.63. The molecule has 5 heteroatoms. The first-order valence-electron chi connectivity index (χ1n) is 8.11. The van der Waals surface area contributed by atoms with Crippen molar-refractivity contribution in [1.82, 2.24) is 0 Å². The molecule has 0 heterocycles. The second-order valence-corrected chi connectivity index (χ2v) is 5.77. The van der Waals surface area contributed by atoms with Crippen molar-refractivity contribution >= 4 is 0 Å². The van der Waals surface area contributed by atoms with E-state index in [1.54, 1.807) is 12.1 Å². The van der Waals surface area contributed by atoms with Gasteiger partial charge in [0, 0.05) is 5.56 Å². The Morgan fingerprint density at radius 3 is 1.96 bits per heavy atom. The van der Waals surface area contributed by atoms with Crippen LogP contribution < -0.4 is 4.74 Å². The van der Waals surface area contributed by atoms with E-state index >= 15 is 0 Å². The van der Waals surface area contributed by atoms with Crippen molar-refractivity contribution < 1.29 is 22.3 Å². The van der Waals surface area contributed by atoms with Crippen LogP contribution in [0, 0.1) is 11.6 Å². The average molecular weight is 360 g/mol. The van der Waals surface area contributed by atoms with Gasteiger partial charge >= 0.3 is 6.61 Å². The number of alkyl halides is 2. The SMILES string of the molecule is CCc1ccc(-c2ccc(-c3ccc(OC(F)F)c(F)c3)c(F)c2)cc1. The number of benzene rings is 3. The number of hydrogen-bond acceptors (Lipinski definition) is 1. The molecule has 0 spiro atoms. The Balaban J connectivity index is 1.91. The van der Waals surface area contributed by atoms with Gasteiger partial charge in [-0.25, -0.2) is 8.78 Å². The molecule has 0 aromatic heterocycles. The molecule has 0 atom stereocenters. The molecule has 134 valence electrons. The van der Waals surface area contributed by atoms with Crippen LogP contribution in [-0.4, -0.2) is 6.61 Å². The molecule has 0 N–H and O–H groups in total. The number of hydrogen-bond donors (Lipinski definition) is 0. The lowest BCUT2D eigenvalue weighted by molar-refractivity contribution is -0.0521. The van der Waals surface area contributed by atoms with Crippen molar-refractivity contribution in [2.45, 2.75) is 20.0 Å². The van der Waals surface area contributed by atoms with Gasteiger partial charge in [0.25, 0.3) is 0 Å². The highest BCUT2D eigenvalue weighted by atomic mass is 19.3. The smallest absolute Gasteiger partial charge is 0.387 e. The minimum Gasteiger partial charge on any atom is -0.432 e. The molecule has 0 fully saturated rings. The minimum absolute atomic E-state index is 0.182. The molecule has 0 aliphatic carbocycles. The Kier molecular flexibility index (Phi) is 5.26. The maximum Gasteiger partial charge on any atom is 0.387 e. The summed E-state index contributed by atoms with van der Waals surface area (Å²) in [5.74, 6) is -2.07. The minimum atomic E-state index is -3.12. The van der Waals surface area contributed by atoms with Crippen LogP contribution >= 0.6 is 0 Å². The van der Waals surface area contributed by atoms with Gasteiger partial charge in [-0.05, 0) is 46.9 Å². The normalized spacial score (nSPS) is 11.0. The molecule has 3 rings (SSSR count). The van der Waals surface area contributed by atoms with Crippen molar-refractivity contribution in [2.24, 2.45) is 0 Å². The summed E-state index contributed by atoms with van der Waals surface area (Å²) in [6.07, 6.45) is 0.921. The number of aryl methyl sites for hydroxylation is 1. The molecular weight excluding hydrogens is 344 g/mol. The highest BCUT2D eigenvalue weighted by Crippen LogP contribution is 2.31. The van der Waals surface area contributed by atoms with Gasteiger partial charge in [-0.1, -0.05) is 49.4 Å². The molecule has 0 amide bonds. The van der Waals surface area contributed by atoms with Gasteiger partial charge in [0.05, 0.1) is 0 Å². The van der Waals surface area contributed by atoms with Gasteiger partial charge in [-0.2, -0.15) is 8.78 Å². The van der Waals surface area contributed by atoms with Crippen LogP contribution in [0.4, 0.5) is 17.6 Å². The molecule has 1 nitrogen and oxygen atoms in total. The Bertz CT molecular complexity index is 904. The molecule has 3 aromatic carbocycles. The van der Waals surface area contributed by atoms with Crippen molar-refractivity contribution in [2.75, 3.05) is 0 Å². The second-order valence-electron chi connectivity index (χ2n) is 5.77. The maximum absolute atomic E-state index is 14.5. The van der Waals surface area contributed by atoms with Crippen LogP contribution in [0.5, 0.6) is 5.75 Å². The predicted molar refractivity (Wildman–Crippen MR) is 93.2 cm³/mol. The van der Waals surface area contributed by atoms with Crippen molar-refractivity contribution in [3.05, 3.63) is 77.9 Å². The summed E-state index contributed by atoms with van der Waals surface area (Å²) in [6.45, 7) is -1.06. The Morgan fingerprint density at radius 1 is 0.769 bits per heavy atom. The van der Waals surface area contributed by atoms with E-state index < -0.39 is 24.0 Å². The van der Waals surface area contributed by atoms with Crippen molar-refractivity contribution in [3.8, 4) is 28.0 Å². The van der Waals surface area contributed by atoms with Crippen LogP contribution in [0.2, 0.25) is 0 Å². The molecule has 0 bridgehead atoms. The zero-order valence-corrected chi connectivity index (χ0v) is 14.0. The van der Waals surface area contributed by atoms with Gasteiger partial charge < -0.3 is 4.74 Å². The van der Waals surface area contributed by atoms with Gasteiger partial charge in [-0.3, -0.25) is 0 Å². The summed E-state index contributed by atoms with van der Waals surface area (Å²) >= 11 is 0. The summed E-state index contributed by atoms with van der Waals surface area (Å²) in [7, 11) is 0. The van der Waals surface area contributed by atoms with Crippen LogP contribution in [0.15, 0.2) is 60.7 Å². The Hall–Kier alpha value is -2.82. The van der Waals surface area contributed by atoms with Gasteiger partial charge in [0.15, 0.2) is 11.6 Å².